The molecule has 3 amide bonds. The van der Waals surface area contributed by atoms with Gasteiger partial charge in [0.2, 0.25) is 11.8 Å². The Kier molecular flexibility index (Phi) is 6.64. The van der Waals surface area contributed by atoms with Crippen LogP contribution in [0.5, 0.6) is 0 Å². The second-order valence-corrected chi connectivity index (χ2v) is 9.91. The summed E-state index contributed by atoms with van der Waals surface area (Å²) in [6.45, 7) is 6.75. The van der Waals surface area contributed by atoms with Crippen molar-refractivity contribution in [1.82, 2.24) is 10.2 Å². The number of carbonyl (C=O) groups excluding carboxylic acids is 4. The molecular weight excluding hydrogens is 442 g/mol. The molecule has 4 rings (SSSR count). The van der Waals surface area contributed by atoms with Crippen molar-refractivity contribution >= 4 is 29.4 Å². The van der Waals surface area contributed by atoms with Crippen LogP contribution in [0, 0.1) is 0 Å². The minimum atomic E-state index is -1.25. The molecule has 0 aromatic heterocycles. The predicted octanol–water partition coefficient (Wildman–Crippen LogP) is 1.27. The smallest absolute Gasteiger partial charge is 0.332 e. The molecule has 2 N–H and O–H groups in total. The Balaban J connectivity index is 1.36. The Morgan fingerprint density at radius 1 is 1.15 bits per heavy atom. The van der Waals surface area contributed by atoms with Gasteiger partial charge in [-0.2, -0.15) is 0 Å². The van der Waals surface area contributed by atoms with E-state index >= 15 is 0 Å². The molecule has 3 aliphatic heterocycles. The molecule has 0 radical (unpaired) electrons. The maximum atomic E-state index is 12.9. The van der Waals surface area contributed by atoms with E-state index in [-0.39, 0.29) is 37.4 Å². The molecule has 10 heteroatoms. The second kappa shape index (κ2) is 9.34. The Hall–Kier alpha value is -2.98. The highest BCUT2D eigenvalue weighted by Crippen LogP contribution is 2.37. The van der Waals surface area contributed by atoms with E-state index in [1.165, 1.54) is 0 Å². The number of rotatable bonds is 5. The number of esters is 1. The molecule has 2 atom stereocenters. The lowest BCUT2D eigenvalue weighted by molar-refractivity contribution is -0.162. The third-order valence-electron chi connectivity index (χ3n) is 6.25. The summed E-state index contributed by atoms with van der Waals surface area (Å²) in [5, 5.41) is 13.1. The molecule has 0 saturated carbocycles. The van der Waals surface area contributed by atoms with Gasteiger partial charge in [0.05, 0.1) is 6.10 Å². The molecule has 184 valence electrons. The number of amides is 3. The number of nitrogens with one attached hydrogen (secondary N) is 1. The van der Waals surface area contributed by atoms with Gasteiger partial charge in [-0.05, 0) is 58.2 Å². The predicted molar refractivity (Wildman–Crippen MR) is 121 cm³/mol. The lowest BCUT2D eigenvalue weighted by Crippen LogP contribution is -2.53. The van der Waals surface area contributed by atoms with Crippen LogP contribution in [-0.4, -0.2) is 71.1 Å². The highest BCUT2D eigenvalue weighted by molar-refractivity contribution is 6.05. The zero-order chi connectivity index (χ0) is 24.6. The summed E-state index contributed by atoms with van der Waals surface area (Å²) >= 11 is 0. The van der Waals surface area contributed by atoms with Crippen LogP contribution in [0.2, 0.25) is 0 Å². The van der Waals surface area contributed by atoms with Crippen LogP contribution < -0.4 is 10.2 Å². The number of aliphatic hydroxyl groups is 1. The number of ether oxygens (including phenoxy) is 2. The van der Waals surface area contributed by atoms with Crippen molar-refractivity contribution in [3.63, 3.8) is 0 Å². The average Bonchev–Trinajstić information content (AvgIpc) is 3.01. The summed E-state index contributed by atoms with van der Waals surface area (Å²) in [4.78, 5) is 51.8. The summed E-state index contributed by atoms with van der Waals surface area (Å²) in [5.41, 5.74) is 1.13. The number of fused-ring (bicyclic) bond motifs is 1. The van der Waals surface area contributed by atoms with Crippen LogP contribution in [-0.2, 0) is 23.9 Å². The van der Waals surface area contributed by atoms with Crippen LogP contribution >= 0.6 is 0 Å². The molecule has 1 aromatic rings. The maximum Gasteiger partial charge on any atom is 0.332 e. The minimum absolute atomic E-state index is 0.0478. The van der Waals surface area contributed by atoms with Gasteiger partial charge in [0.15, 0.2) is 6.23 Å². The first-order valence-corrected chi connectivity index (χ1v) is 11.6. The van der Waals surface area contributed by atoms with Crippen LogP contribution in [0.15, 0.2) is 18.2 Å². The number of nitrogens with zero attached hydrogens (tertiary/aromatic N) is 2. The molecule has 2 saturated heterocycles. The third-order valence-corrected chi connectivity index (χ3v) is 6.25. The first kappa shape index (κ1) is 24.2. The van der Waals surface area contributed by atoms with Gasteiger partial charge in [0.25, 0.3) is 5.91 Å². The molecule has 0 bridgehead atoms. The van der Waals surface area contributed by atoms with Gasteiger partial charge in [0.1, 0.15) is 18.2 Å². The van der Waals surface area contributed by atoms with E-state index < -0.39 is 29.7 Å². The van der Waals surface area contributed by atoms with E-state index in [0.29, 0.717) is 24.2 Å². The fourth-order valence-corrected chi connectivity index (χ4v) is 4.65. The monoisotopic (exact) mass is 473 g/mol. The fourth-order valence-electron chi connectivity index (χ4n) is 4.65. The average molecular weight is 474 g/mol. The standard InChI is InChI=1S/C24H31N3O7/c1-24(2,3)34-20(29)13-33-15-8-10-26(11-9-15)14-4-5-16-17(12-14)23(32)27(22(16)31)18-6-7-19(28)25-21(18)30/h4-5,12,15,18,23,32H,6-11,13H2,1-3H3,(H,25,28,30). The van der Waals surface area contributed by atoms with Crippen LogP contribution in [0.1, 0.15) is 68.6 Å². The third kappa shape index (κ3) is 5.07. The Morgan fingerprint density at radius 3 is 2.50 bits per heavy atom. The topological polar surface area (TPSA) is 125 Å². The zero-order valence-electron chi connectivity index (χ0n) is 19.7. The van der Waals surface area contributed by atoms with Crippen LogP contribution in [0.25, 0.3) is 0 Å². The van der Waals surface area contributed by atoms with Gasteiger partial charge in [-0.1, -0.05) is 0 Å². The molecule has 3 heterocycles. The molecule has 3 aliphatic rings. The number of imide groups is 1. The van der Waals surface area contributed by atoms with Gasteiger partial charge in [-0.25, -0.2) is 4.79 Å². The van der Waals surface area contributed by atoms with E-state index in [4.69, 9.17) is 9.47 Å². The van der Waals surface area contributed by atoms with Gasteiger partial charge >= 0.3 is 5.97 Å². The highest BCUT2D eigenvalue weighted by Gasteiger charge is 2.44. The molecule has 2 unspecified atom stereocenters. The summed E-state index contributed by atoms with van der Waals surface area (Å²) in [6, 6.07) is 4.41. The van der Waals surface area contributed by atoms with Crippen molar-refractivity contribution in [3.05, 3.63) is 29.3 Å². The summed E-state index contributed by atoms with van der Waals surface area (Å²) in [7, 11) is 0. The molecule has 2 fully saturated rings. The minimum Gasteiger partial charge on any atom is -0.458 e. The van der Waals surface area contributed by atoms with Crippen molar-refractivity contribution in [3.8, 4) is 0 Å². The summed E-state index contributed by atoms with van der Waals surface area (Å²) in [6.07, 6.45) is 0.465. The van der Waals surface area contributed by atoms with Gasteiger partial charge < -0.3 is 19.5 Å². The number of anilines is 1. The zero-order valence-corrected chi connectivity index (χ0v) is 19.7. The van der Waals surface area contributed by atoms with E-state index in [1.807, 2.05) is 26.8 Å². The van der Waals surface area contributed by atoms with Crippen molar-refractivity contribution < 1.29 is 33.8 Å². The van der Waals surface area contributed by atoms with Crippen molar-refractivity contribution in [2.24, 2.45) is 0 Å². The number of hydrogen-bond acceptors (Lipinski definition) is 8. The lowest BCUT2D eigenvalue weighted by atomic mass is 10.0. The molecule has 1 aromatic carbocycles. The van der Waals surface area contributed by atoms with Gasteiger partial charge in [-0.3, -0.25) is 24.6 Å². The second-order valence-electron chi connectivity index (χ2n) is 9.91. The lowest BCUT2D eigenvalue weighted by Gasteiger charge is -2.34. The Bertz CT molecular complexity index is 995. The normalized spacial score (nSPS) is 23.7. The van der Waals surface area contributed by atoms with Gasteiger partial charge in [-0.15, -0.1) is 0 Å². The van der Waals surface area contributed by atoms with Crippen molar-refractivity contribution in [2.75, 3.05) is 24.6 Å². The molecule has 10 nitrogen and oxygen atoms in total. The maximum absolute atomic E-state index is 12.9. The Morgan fingerprint density at radius 2 is 1.85 bits per heavy atom. The first-order chi connectivity index (χ1) is 16.0. The van der Waals surface area contributed by atoms with Gasteiger partial charge in [0, 0.05) is 36.3 Å². The SMILES string of the molecule is CC(C)(C)OC(=O)COC1CCN(c2ccc3c(c2)C(O)N(C2CCC(=O)NC2=O)C3=O)CC1. The summed E-state index contributed by atoms with van der Waals surface area (Å²) < 4.78 is 11.0. The molecule has 0 aliphatic carbocycles. The number of piperidine rings is 2. The number of carbonyl (C=O) groups is 4. The quantitative estimate of drug-likeness (QED) is 0.484. The van der Waals surface area contributed by atoms with E-state index in [2.05, 4.69) is 10.2 Å². The number of aliphatic hydroxyl groups excluding tert-OH is 1. The first-order valence-electron chi connectivity index (χ1n) is 11.6. The Labute approximate surface area is 198 Å². The largest absolute Gasteiger partial charge is 0.458 e. The highest BCUT2D eigenvalue weighted by atomic mass is 16.6. The fraction of sp³-hybridized carbons (Fsp3) is 0.583. The van der Waals surface area contributed by atoms with E-state index in [1.54, 1.807) is 12.1 Å². The number of hydrogen-bond donors (Lipinski definition) is 2. The molecular formula is C24H31N3O7. The summed E-state index contributed by atoms with van der Waals surface area (Å²) in [5.74, 6) is -1.74. The molecule has 34 heavy (non-hydrogen) atoms. The van der Waals surface area contributed by atoms with Crippen LogP contribution in [0.3, 0.4) is 0 Å². The van der Waals surface area contributed by atoms with E-state index in [0.717, 1.165) is 23.4 Å². The number of benzene rings is 1. The van der Waals surface area contributed by atoms with Crippen molar-refractivity contribution in [2.45, 2.75) is 70.4 Å². The van der Waals surface area contributed by atoms with Crippen molar-refractivity contribution in [1.29, 1.82) is 0 Å². The van der Waals surface area contributed by atoms with E-state index in [9.17, 15) is 24.3 Å². The van der Waals surface area contributed by atoms with Crippen LogP contribution in [0.4, 0.5) is 5.69 Å². The molecule has 0 spiro atoms.